The molecule has 1 spiro atoms. The van der Waals surface area contributed by atoms with Gasteiger partial charge in [0.1, 0.15) is 11.3 Å². The minimum absolute atomic E-state index is 0.00933. The molecule has 4 N–H and O–H groups in total. The number of aromatic nitrogens is 6. The Morgan fingerprint density at radius 3 is 2.75 bits per heavy atom. The van der Waals surface area contributed by atoms with Gasteiger partial charge in [-0.3, -0.25) is 4.79 Å². The Kier molecular flexibility index (Phi) is 3.16. The van der Waals surface area contributed by atoms with Crippen LogP contribution in [0.3, 0.4) is 0 Å². The van der Waals surface area contributed by atoms with Crippen molar-refractivity contribution in [2.75, 3.05) is 23.7 Å². The van der Waals surface area contributed by atoms with Crippen LogP contribution in [0.2, 0.25) is 0 Å². The number of rotatable bonds is 2. The van der Waals surface area contributed by atoms with Crippen LogP contribution in [0.4, 0.5) is 11.8 Å². The van der Waals surface area contributed by atoms with E-state index in [1.54, 1.807) is 6.33 Å². The molecule has 1 saturated heterocycles. The van der Waals surface area contributed by atoms with Crippen molar-refractivity contribution in [3.63, 3.8) is 0 Å². The fraction of sp³-hybridized carbons (Fsp3) is 0.526. The van der Waals surface area contributed by atoms with Crippen LogP contribution in [0, 0.1) is 0 Å². The zero-order valence-corrected chi connectivity index (χ0v) is 15.5. The Balaban J connectivity index is 1.33. The number of hydrogen-bond donors (Lipinski definition) is 3. The van der Waals surface area contributed by atoms with E-state index < -0.39 is 0 Å². The number of fused-ring (bicyclic) bond motifs is 3. The molecule has 1 aliphatic heterocycles. The molecular formula is C19H22N8O. The van der Waals surface area contributed by atoms with Crippen molar-refractivity contribution >= 4 is 22.9 Å². The lowest BCUT2D eigenvalue weighted by atomic mass is 9.76. The SMILES string of the molecule is Nc1nc(N2CCC3(CCc4c3nc(C3CC3)[nH]c4=O)CC2)c2[nH]cnc2n1. The number of piperidine rings is 1. The molecule has 9 heteroatoms. The topological polar surface area (TPSA) is 129 Å². The number of H-pyrrole nitrogens is 2. The standard InChI is InChI=1S/C19H22N8O/c20-18-25-15-12(21-9-22-15)16(26-18)27-7-5-19(6-8-27)4-3-11-13(19)23-14(10-1-2-10)24-17(11)28/h9-10H,1-8H2,(H,23,24,28)(H3,20,21,22,25,26). The van der Waals surface area contributed by atoms with Gasteiger partial charge in [0.25, 0.3) is 5.56 Å². The van der Waals surface area contributed by atoms with Gasteiger partial charge in [-0.25, -0.2) is 9.97 Å². The number of imidazole rings is 1. The number of nitrogens with one attached hydrogen (secondary N) is 2. The Labute approximate surface area is 160 Å². The highest BCUT2D eigenvalue weighted by molar-refractivity contribution is 5.84. The second kappa shape index (κ2) is 5.52. The molecule has 4 heterocycles. The number of aromatic amines is 2. The molecule has 3 aromatic heterocycles. The van der Waals surface area contributed by atoms with E-state index in [1.807, 2.05) is 0 Å². The Bertz CT molecular complexity index is 1140. The van der Waals surface area contributed by atoms with Gasteiger partial charge in [-0.2, -0.15) is 9.97 Å². The van der Waals surface area contributed by atoms with Crippen molar-refractivity contribution in [2.45, 2.75) is 49.9 Å². The van der Waals surface area contributed by atoms with Crippen LogP contribution in [0.25, 0.3) is 11.2 Å². The summed E-state index contributed by atoms with van der Waals surface area (Å²) in [5.41, 5.74) is 9.35. The third kappa shape index (κ3) is 2.28. The van der Waals surface area contributed by atoms with Gasteiger partial charge in [-0.15, -0.1) is 0 Å². The number of nitrogen functional groups attached to an aromatic ring is 1. The van der Waals surface area contributed by atoms with E-state index in [1.165, 1.54) is 0 Å². The maximum absolute atomic E-state index is 12.6. The van der Waals surface area contributed by atoms with Gasteiger partial charge >= 0.3 is 0 Å². The van der Waals surface area contributed by atoms with Gasteiger partial charge in [-0.05, 0) is 38.5 Å². The molecule has 28 heavy (non-hydrogen) atoms. The van der Waals surface area contributed by atoms with E-state index in [0.29, 0.717) is 11.6 Å². The molecule has 3 aliphatic rings. The van der Waals surface area contributed by atoms with E-state index >= 15 is 0 Å². The molecule has 0 atom stereocenters. The van der Waals surface area contributed by atoms with Crippen LogP contribution in [-0.2, 0) is 11.8 Å². The number of nitrogens with zero attached hydrogens (tertiary/aromatic N) is 5. The van der Waals surface area contributed by atoms with E-state index in [9.17, 15) is 4.79 Å². The Morgan fingerprint density at radius 1 is 1.14 bits per heavy atom. The smallest absolute Gasteiger partial charge is 0.254 e. The minimum atomic E-state index is 0.00933. The summed E-state index contributed by atoms with van der Waals surface area (Å²) in [5, 5.41) is 0. The van der Waals surface area contributed by atoms with Gasteiger partial charge in [0.15, 0.2) is 11.5 Å². The maximum atomic E-state index is 12.6. The van der Waals surface area contributed by atoms with Gasteiger partial charge in [-0.1, -0.05) is 0 Å². The summed E-state index contributed by atoms with van der Waals surface area (Å²) in [6, 6.07) is 0. The predicted octanol–water partition coefficient (Wildman–Crippen LogP) is 1.38. The minimum Gasteiger partial charge on any atom is -0.368 e. The third-order valence-electron chi connectivity index (χ3n) is 6.66. The fourth-order valence-corrected chi connectivity index (χ4v) is 4.92. The zero-order chi connectivity index (χ0) is 18.9. The predicted molar refractivity (Wildman–Crippen MR) is 104 cm³/mol. The van der Waals surface area contributed by atoms with Crippen molar-refractivity contribution in [3.05, 3.63) is 33.8 Å². The van der Waals surface area contributed by atoms with Crippen molar-refractivity contribution in [2.24, 2.45) is 0 Å². The van der Waals surface area contributed by atoms with Gasteiger partial charge in [0, 0.05) is 30.0 Å². The normalized spacial score (nSPS) is 20.8. The summed E-state index contributed by atoms with van der Waals surface area (Å²) in [4.78, 5) is 38.8. The summed E-state index contributed by atoms with van der Waals surface area (Å²) < 4.78 is 0. The van der Waals surface area contributed by atoms with E-state index in [-0.39, 0.29) is 16.9 Å². The summed E-state index contributed by atoms with van der Waals surface area (Å²) >= 11 is 0. The molecule has 0 amide bonds. The van der Waals surface area contributed by atoms with Crippen molar-refractivity contribution < 1.29 is 0 Å². The molecule has 2 fully saturated rings. The second-order valence-corrected chi connectivity index (χ2v) is 8.33. The quantitative estimate of drug-likeness (QED) is 0.614. The number of hydrogen-bond acceptors (Lipinski definition) is 7. The van der Waals surface area contributed by atoms with Crippen LogP contribution in [-0.4, -0.2) is 43.0 Å². The molecule has 0 radical (unpaired) electrons. The highest BCUT2D eigenvalue weighted by Gasteiger charge is 2.45. The Hall–Kier alpha value is -2.97. The molecule has 0 unspecified atom stereocenters. The fourth-order valence-electron chi connectivity index (χ4n) is 4.92. The lowest BCUT2D eigenvalue weighted by Crippen LogP contribution is -2.43. The van der Waals surface area contributed by atoms with Crippen LogP contribution >= 0.6 is 0 Å². The van der Waals surface area contributed by atoms with Crippen molar-refractivity contribution in [1.29, 1.82) is 0 Å². The zero-order valence-electron chi connectivity index (χ0n) is 15.5. The highest BCUT2D eigenvalue weighted by atomic mass is 16.1. The average Bonchev–Trinajstić information content (AvgIpc) is 3.34. The summed E-state index contributed by atoms with van der Waals surface area (Å²) in [6.45, 7) is 1.69. The molecule has 0 bridgehead atoms. The molecule has 2 aliphatic carbocycles. The summed E-state index contributed by atoms with van der Waals surface area (Å²) in [5.74, 6) is 2.40. The molecule has 1 saturated carbocycles. The molecule has 9 nitrogen and oxygen atoms in total. The first kappa shape index (κ1) is 16.0. The van der Waals surface area contributed by atoms with Gasteiger partial charge in [0.05, 0.1) is 12.0 Å². The average molecular weight is 378 g/mol. The lowest BCUT2D eigenvalue weighted by Gasteiger charge is -2.40. The first-order valence-electron chi connectivity index (χ1n) is 9.98. The third-order valence-corrected chi connectivity index (χ3v) is 6.66. The first-order chi connectivity index (χ1) is 13.6. The number of nitrogens with two attached hydrogens (primary N) is 1. The molecule has 0 aromatic carbocycles. The van der Waals surface area contributed by atoms with Crippen molar-refractivity contribution in [3.8, 4) is 0 Å². The molecule has 6 rings (SSSR count). The van der Waals surface area contributed by atoms with E-state index in [4.69, 9.17) is 10.7 Å². The maximum Gasteiger partial charge on any atom is 0.254 e. The summed E-state index contributed by atoms with van der Waals surface area (Å²) in [7, 11) is 0. The Morgan fingerprint density at radius 2 is 1.96 bits per heavy atom. The van der Waals surface area contributed by atoms with Crippen LogP contribution in [0.15, 0.2) is 11.1 Å². The van der Waals surface area contributed by atoms with Crippen LogP contribution in [0.5, 0.6) is 0 Å². The van der Waals surface area contributed by atoms with Crippen LogP contribution < -0.4 is 16.2 Å². The van der Waals surface area contributed by atoms with Gasteiger partial charge < -0.3 is 20.6 Å². The first-order valence-corrected chi connectivity index (χ1v) is 9.98. The monoisotopic (exact) mass is 378 g/mol. The lowest BCUT2D eigenvalue weighted by molar-refractivity contribution is 0.321. The largest absolute Gasteiger partial charge is 0.368 e. The molecule has 144 valence electrons. The molecular weight excluding hydrogens is 356 g/mol. The highest BCUT2D eigenvalue weighted by Crippen LogP contribution is 2.46. The molecule has 3 aromatic rings. The summed E-state index contributed by atoms with van der Waals surface area (Å²) in [6.07, 6.45) is 7.64. The van der Waals surface area contributed by atoms with E-state index in [2.05, 4.69) is 29.8 Å². The number of anilines is 2. The van der Waals surface area contributed by atoms with E-state index in [0.717, 1.165) is 80.0 Å². The van der Waals surface area contributed by atoms with Crippen LogP contribution in [0.1, 0.15) is 55.1 Å². The second-order valence-electron chi connectivity index (χ2n) is 8.33. The van der Waals surface area contributed by atoms with Gasteiger partial charge in [0.2, 0.25) is 5.95 Å². The van der Waals surface area contributed by atoms with Crippen molar-refractivity contribution in [1.82, 2.24) is 29.9 Å².